The van der Waals surface area contributed by atoms with Gasteiger partial charge in [0.05, 0.1) is 0 Å². The molecule has 0 aliphatic heterocycles. The van der Waals surface area contributed by atoms with Gasteiger partial charge in [0.15, 0.2) is 0 Å². The first-order valence-corrected chi connectivity index (χ1v) is 12.2. The predicted octanol–water partition coefficient (Wildman–Crippen LogP) is 8.11. The van der Waals surface area contributed by atoms with Crippen molar-refractivity contribution >= 4 is 5.91 Å². The molecular formula is C25H49NO. The van der Waals surface area contributed by atoms with E-state index >= 15 is 0 Å². The fourth-order valence-corrected chi connectivity index (χ4v) is 3.38. The molecule has 0 heterocycles. The Morgan fingerprint density at radius 1 is 0.593 bits per heavy atom. The molecule has 1 N–H and O–H groups in total. The van der Waals surface area contributed by atoms with Crippen molar-refractivity contribution in [1.82, 2.24) is 5.32 Å². The molecule has 0 aromatic carbocycles. The molecule has 0 rings (SSSR count). The SMILES string of the molecule is CCCCCCCCCCC/C=C\CCCCCCCC(=O)NCCCC. The molecule has 0 saturated carbocycles. The fraction of sp³-hybridized carbons (Fsp3) is 0.880. The maximum atomic E-state index is 11.6. The lowest BCUT2D eigenvalue weighted by Gasteiger charge is -2.04. The van der Waals surface area contributed by atoms with Gasteiger partial charge in [-0.15, -0.1) is 0 Å². The topological polar surface area (TPSA) is 29.1 Å². The zero-order valence-electron chi connectivity index (χ0n) is 18.7. The molecule has 0 atom stereocenters. The van der Waals surface area contributed by atoms with Gasteiger partial charge in [-0.05, 0) is 38.5 Å². The first-order chi connectivity index (χ1) is 13.3. The summed E-state index contributed by atoms with van der Waals surface area (Å²) in [6.45, 7) is 5.28. The maximum Gasteiger partial charge on any atom is 0.219 e. The number of carbonyl (C=O) groups is 1. The van der Waals surface area contributed by atoms with Gasteiger partial charge in [-0.1, -0.05) is 103 Å². The molecule has 0 radical (unpaired) electrons. The Morgan fingerprint density at radius 3 is 1.56 bits per heavy atom. The van der Waals surface area contributed by atoms with Gasteiger partial charge in [-0.2, -0.15) is 0 Å². The summed E-state index contributed by atoms with van der Waals surface area (Å²) in [6, 6.07) is 0. The molecule has 2 nitrogen and oxygen atoms in total. The lowest BCUT2D eigenvalue weighted by atomic mass is 10.1. The monoisotopic (exact) mass is 379 g/mol. The second-order valence-corrected chi connectivity index (χ2v) is 8.10. The van der Waals surface area contributed by atoms with Crippen molar-refractivity contribution in [3.63, 3.8) is 0 Å². The number of nitrogens with one attached hydrogen (secondary N) is 1. The third kappa shape index (κ3) is 23.2. The van der Waals surface area contributed by atoms with Gasteiger partial charge >= 0.3 is 0 Å². The highest BCUT2D eigenvalue weighted by atomic mass is 16.1. The zero-order chi connectivity index (χ0) is 19.8. The minimum absolute atomic E-state index is 0.239. The summed E-state index contributed by atoms with van der Waals surface area (Å²) in [4.78, 5) is 11.6. The van der Waals surface area contributed by atoms with Crippen LogP contribution in [-0.2, 0) is 4.79 Å². The van der Waals surface area contributed by atoms with E-state index in [2.05, 4.69) is 31.3 Å². The molecule has 0 saturated heterocycles. The van der Waals surface area contributed by atoms with E-state index in [0.717, 1.165) is 25.8 Å². The van der Waals surface area contributed by atoms with Crippen LogP contribution in [0.3, 0.4) is 0 Å². The molecule has 0 aliphatic rings. The number of amides is 1. The summed E-state index contributed by atoms with van der Waals surface area (Å²) in [5.41, 5.74) is 0. The Labute approximate surface area is 171 Å². The highest BCUT2D eigenvalue weighted by molar-refractivity contribution is 5.75. The molecule has 0 aromatic heterocycles. The van der Waals surface area contributed by atoms with Crippen LogP contribution in [0.4, 0.5) is 0 Å². The van der Waals surface area contributed by atoms with Crippen molar-refractivity contribution in [3.8, 4) is 0 Å². The minimum Gasteiger partial charge on any atom is -0.356 e. The number of carbonyl (C=O) groups excluding carboxylic acids is 1. The molecule has 160 valence electrons. The third-order valence-corrected chi connectivity index (χ3v) is 5.27. The Hall–Kier alpha value is -0.790. The van der Waals surface area contributed by atoms with Crippen LogP contribution < -0.4 is 5.32 Å². The predicted molar refractivity (Wildman–Crippen MR) is 121 cm³/mol. The minimum atomic E-state index is 0.239. The van der Waals surface area contributed by atoms with Crippen LogP contribution in [-0.4, -0.2) is 12.5 Å². The number of hydrogen-bond acceptors (Lipinski definition) is 1. The first kappa shape index (κ1) is 26.2. The molecule has 2 heteroatoms. The summed E-state index contributed by atoms with van der Waals surface area (Å²) in [5.74, 6) is 0.239. The number of allylic oxidation sites excluding steroid dienone is 2. The van der Waals surface area contributed by atoms with Crippen LogP contribution in [0.1, 0.15) is 136 Å². The molecular weight excluding hydrogens is 330 g/mol. The molecule has 0 aliphatic carbocycles. The number of hydrogen-bond donors (Lipinski definition) is 1. The van der Waals surface area contributed by atoms with E-state index in [-0.39, 0.29) is 5.91 Å². The van der Waals surface area contributed by atoms with Gasteiger partial charge in [-0.25, -0.2) is 0 Å². The molecule has 0 fully saturated rings. The van der Waals surface area contributed by atoms with E-state index in [0.29, 0.717) is 6.42 Å². The van der Waals surface area contributed by atoms with E-state index in [1.54, 1.807) is 0 Å². The Kier molecular flexibility index (Phi) is 22.6. The molecule has 0 spiro atoms. The molecule has 1 amide bonds. The second-order valence-electron chi connectivity index (χ2n) is 8.10. The Bertz CT molecular complexity index is 324. The largest absolute Gasteiger partial charge is 0.356 e. The van der Waals surface area contributed by atoms with E-state index in [9.17, 15) is 4.79 Å². The van der Waals surface area contributed by atoms with Crippen molar-refractivity contribution in [1.29, 1.82) is 0 Å². The van der Waals surface area contributed by atoms with Crippen LogP contribution in [0.2, 0.25) is 0 Å². The number of unbranched alkanes of at least 4 members (excludes halogenated alkanes) is 15. The van der Waals surface area contributed by atoms with Crippen molar-refractivity contribution in [2.75, 3.05) is 6.54 Å². The quantitative estimate of drug-likeness (QED) is 0.158. The van der Waals surface area contributed by atoms with Crippen LogP contribution >= 0.6 is 0 Å². The van der Waals surface area contributed by atoms with Crippen molar-refractivity contribution in [3.05, 3.63) is 12.2 Å². The van der Waals surface area contributed by atoms with Crippen LogP contribution in [0, 0.1) is 0 Å². The molecule has 27 heavy (non-hydrogen) atoms. The van der Waals surface area contributed by atoms with Crippen LogP contribution in [0.5, 0.6) is 0 Å². The third-order valence-electron chi connectivity index (χ3n) is 5.27. The zero-order valence-corrected chi connectivity index (χ0v) is 18.7. The lowest BCUT2D eigenvalue weighted by molar-refractivity contribution is -0.121. The second kappa shape index (κ2) is 23.2. The van der Waals surface area contributed by atoms with Crippen molar-refractivity contribution < 1.29 is 4.79 Å². The number of rotatable bonds is 21. The van der Waals surface area contributed by atoms with E-state index in [4.69, 9.17) is 0 Å². The van der Waals surface area contributed by atoms with Gasteiger partial charge in [0.1, 0.15) is 0 Å². The van der Waals surface area contributed by atoms with Crippen molar-refractivity contribution in [2.24, 2.45) is 0 Å². The van der Waals surface area contributed by atoms with E-state index in [1.165, 1.54) is 96.3 Å². The Morgan fingerprint density at radius 2 is 1.04 bits per heavy atom. The normalized spacial score (nSPS) is 11.3. The average molecular weight is 380 g/mol. The van der Waals surface area contributed by atoms with Crippen molar-refractivity contribution in [2.45, 2.75) is 136 Å². The van der Waals surface area contributed by atoms with Gasteiger partial charge in [0.25, 0.3) is 0 Å². The van der Waals surface area contributed by atoms with Crippen LogP contribution in [0.25, 0.3) is 0 Å². The summed E-state index contributed by atoms with van der Waals surface area (Å²) < 4.78 is 0. The van der Waals surface area contributed by atoms with Crippen LogP contribution in [0.15, 0.2) is 12.2 Å². The summed E-state index contributed by atoms with van der Waals surface area (Å²) in [5, 5.41) is 2.99. The smallest absolute Gasteiger partial charge is 0.219 e. The summed E-state index contributed by atoms with van der Waals surface area (Å²) >= 11 is 0. The molecule has 0 bridgehead atoms. The summed E-state index contributed by atoms with van der Waals surface area (Å²) in [6.07, 6.45) is 29.1. The van der Waals surface area contributed by atoms with Gasteiger partial charge < -0.3 is 5.32 Å². The van der Waals surface area contributed by atoms with E-state index < -0.39 is 0 Å². The molecule has 0 unspecified atom stereocenters. The highest BCUT2D eigenvalue weighted by Gasteiger charge is 1.99. The fourth-order valence-electron chi connectivity index (χ4n) is 3.38. The average Bonchev–Trinajstić information content (AvgIpc) is 2.67. The van der Waals surface area contributed by atoms with Gasteiger partial charge in [0, 0.05) is 13.0 Å². The molecule has 0 aromatic rings. The maximum absolute atomic E-state index is 11.6. The summed E-state index contributed by atoms with van der Waals surface area (Å²) in [7, 11) is 0. The standard InChI is InChI=1S/C25H49NO/c1-3-5-7-8-9-10-11-12-13-14-15-16-17-18-19-20-21-22-23-25(27)26-24-6-4-2/h15-16H,3-14,17-24H2,1-2H3,(H,26,27)/b16-15-. The van der Waals surface area contributed by atoms with Gasteiger partial charge in [-0.3, -0.25) is 4.79 Å². The van der Waals surface area contributed by atoms with Gasteiger partial charge in [0.2, 0.25) is 5.91 Å². The Balaban J connectivity index is 3.15. The lowest BCUT2D eigenvalue weighted by Crippen LogP contribution is -2.23. The highest BCUT2D eigenvalue weighted by Crippen LogP contribution is 2.11. The first-order valence-electron chi connectivity index (χ1n) is 12.2. The van der Waals surface area contributed by atoms with E-state index in [1.807, 2.05) is 0 Å².